The molecule has 0 bridgehead atoms. The molecule has 0 aliphatic carbocycles. The standard InChI is InChI=1S/2C9H7N.C8H6O.C8H6S.C7H6N2.C7H5NO.C7H5NS.7C4H10/c1-2-6-9-8(4-1)5-3-7-10-9;1-2-4-9-7-10-6-5-8(9)3-1;2*1-2-4-8-7(3-1)5-6-9-8;3*1-2-4-7-6(3-1)8-5-9-7;7*1-4(2)3/h2*1-7H;2*1-6H;1-5H,(H,8,9);2*1-5H;7*4H,1-3H3. The second-order valence-electron chi connectivity index (χ2n) is 26.0. The molecule has 7 heterocycles. The maximum atomic E-state index is 5.12. The van der Waals surface area contributed by atoms with Gasteiger partial charge in [0.25, 0.3) is 0 Å². The molecule has 7 aromatic carbocycles. The number of hydrogen-bond acceptors (Lipinski definition) is 9. The van der Waals surface area contributed by atoms with E-state index in [9.17, 15) is 0 Å². The van der Waals surface area contributed by atoms with Gasteiger partial charge in [0.05, 0.1) is 44.9 Å². The quantitative estimate of drug-likeness (QED) is 0.161. The van der Waals surface area contributed by atoms with Gasteiger partial charge in [0.1, 0.15) is 11.1 Å². The van der Waals surface area contributed by atoms with Crippen LogP contribution in [0.25, 0.3) is 75.1 Å². The number of benzene rings is 7. The Morgan fingerprint density at radius 1 is 0.312 bits per heavy atom. The van der Waals surface area contributed by atoms with Crippen LogP contribution in [0, 0.1) is 41.4 Å². The zero-order chi connectivity index (χ0) is 69.2. The molecule has 0 fully saturated rings. The smallest absolute Gasteiger partial charge is 0.181 e. The van der Waals surface area contributed by atoms with Crippen LogP contribution in [0.3, 0.4) is 0 Å². The van der Waals surface area contributed by atoms with Crippen LogP contribution in [0.5, 0.6) is 0 Å². The summed E-state index contributed by atoms with van der Waals surface area (Å²) in [5.41, 5.74) is 8.86. The normalized spacial score (nSPS) is 9.81. The molecule has 0 unspecified atom stereocenters. The van der Waals surface area contributed by atoms with E-state index in [0.29, 0.717) is 0 Å². The first kappa shape index (κ1) is 82.7. The van der Waals surface area contributed by atoms with Gasteiger partial charge in [0.2, 0.25) is 0 Å². The molecule has 14 aromatic rings. The number of oxazole rings is 1. The summed E-state index contributed by atoms with van der Waals surface area (Å²) in [7, 11) is 0. The second kappa shape index (κ2) is 51.2. The number of nitrogens with zero attached hydrogens (tertiary/aromatic N) is 5. The summed E-state index contributed by atoms with van der Waals surface area (Å²) in [6.07, 6.45) is 10.3. The van der Waals surface area contributed by atoms with E-state index in [1.165, 1.54) is 37.3 Å². The number of aromatic nitrogens is 6. The number of rotatable bonds is 0. The molecule has 7 aromatic heterocycles. The monoisotopic (exact) mass is 1290 g/mol. The lowest BCUT2D eigenvalue weighted by atomic mass is 10.2. The molecule has 93 heavy (non-hydrogen) atoms. The Morgan fingerprint density at radius 3 is 1.29 bits per heavy atom. The number of H-pyrrole nitrogens is 1. The number of aromatic amines is 1. The molecule has 0 saturated heterocycles. The Balaban J connectivity index is 0.000000510. The fraction of sp³-hybridized carbons (Fsp3) is 0.337. The minimum atomic E-state index is 0.833. The van der Waals surface area contributed by atoms with Crippen molar-refractivity contribution in [3.8, 4) is 0 Å². The fourth-order valence-corrected chi connectivity index (χ4v) is 7.81. The van der Waals surface area contributed by atoms with Crippen molar-refractivity contribution in [3.05, 3.63) is 249 Å². The molecule has 0 radical (unpaired) electrons. The van der Waals surface area contributed by atoms with Crippen LogP contribution in [0.2, 0.25) is 0 Å². The lowest BCUT2D eigenvalue weighted by Crippen LogP contribution is -1.73. The van der Waals surface area contributed by atoms with Crippen LogP contribution in [-0.2, 0) is 0 Å². The minimum Gasteiger partial charge on any atom is -0.464 e. The van der Waals surface area contributed by atoms with Gasteiger partial charge in [-0.1, -0.05) is 267 Å². The molecular weight excluding hydrogens is 1180 g/mol. The fourth-order valence-electron chi connectivity index (χ4n) is 6.34. The maximum Gasteiger partial charge on any atom is 0.181 e. The molecule has 10 heteroatoms. The summed E-state index contributed by atoms with van der Waals surface area (Å²) in [5, 5.41) is 8.28. The van der Waals surface area contributed by atoms with E-state index in [2.05, 4.69) is 241 Å². The molecule has 0 aliphatic heterocycles. The van der Waals surface area contributed by atoms with Crippen molar-refractivity contribution in [3.63, 3.8) is 0 Å². The Morgan fingerprint density at radius 2 is 0.763 bits per heavy atom. The average molecular weight is 1290 g/mol. The van der Waals surface area contributed by atoms with Crippen molar-refractivity contribution >= 4 is 97.8 Å². The van der Waals surface area contributed by atoms with Gasteiger partial charge in [-0.25, -0.2) is 15.0 Å². The number of imidazole rings is 1. The first-order chi connectivity index (χ1) is 44.4. The summed E-state index contributed by atoms with van der Waals surface area (Å²) < 4.78 is 12.8. The van der Waals surface area contributed by atoms with E-state index in [1.807, 2.05) is 164 Å². The topological polar surface area (TPSA) is 107 Å². The van der Waals surface area contributed by atoms with Crippen LogP contribution in [0.1, 0.15) is 145 Å². The van der Waals surface area contributed by atoms with Crippen molar-refractivity contribution in [2.75, 3.05) is 0 Å². The zero-order valence-electron chi connectivity index (χ0n) is 60.1. The summed E-state index contributed by atoms with van der Waals surface area (Å²) in [4.78, 5) is 23.4. The number of para-hydroxylation sites is 7. The highest BCUT2D eigenvalue weighted by Gasteiger charge is 1.94. The first-order valence-corrected chi connectivity index (χ1v) is 34.5. The van der Waals surface area contributed by atoms with Crippen LogP contribution in [-0.4, -0.2) is 29.9 Å². The SMILES string of the molecule is CC(C)C.CC(C)C.CC(C)C.CC(C)C.CC(C)C.CC(C)C.CC(C)C.c1ccc2[nH]cnc2c1.c1ccc2cnccc2c1.c1ccc2ncccc2c1.c1ccc2occc2c1.c1ccc2ocnc2c1.c1ccc2sccc2c1.c1ccc2scnc2c1. The minimum absolute atomic E-state index is 0.833. The van der Waals surface area contributed by atoms with Crippen molar-refractivity contribution in [1.82, 2.24) is 29.9 Å². The predicted octanol–water partition coefficient (Wildman–Crippen LogP) is 27.1. The molecule has 1 N–H and O–H groups in total. The molecule has 0 saturated carbocycles. The van der Waals surface area contributed by atoms with E-state index in [4.69, 9.17) is 8.83 Å². The van der Waals surface area contributed by atoms with Crippen molar-refractivity contribution in [2.24, 2.45) is 41.4 Å². The van der Waals surface area contributed by atoms with Gasteiger partial charge >= 0.3 is 0 Å². The van der Waals surface area contributed by atoms with Crippen LogP contribution in [0.15, 0.2) is 257 Å². The summed E-state index contributed by atoms with van der Waals surface area (Å²) in [6.45, 7) is 45.5. The molecular formula is C83H112N6O2S2. The van der Waals surface area contributed by atoms with E-state index >= 15 is 0 Å². The molecule has 0 spiro atoms. The van der Waals surface area contributed by atoms with Crippen molar-refractivity contribution in [1.29, 1.82) is 0 Å². The van der Waals surface area contributed by atoms with Gasteiger partial charge in [-0.15, -0.1) is 22.7 Å². The maximum absolute atomic E-state index is 5.12. The third-order valence-corrected chi connectivity index (χ3v) is 11.3. The highest BCUT2D eigenvalue weighted by Crippen LogP contribution is 2.19. The number of thiophene rings is 1. The largest absolute Gasteiger partial charge is 0.464 e. The van der Waals surface area contributed by atoms with Gasteiger partial charge < -0.3 is 13.8 Å². The Bertz CT molecular complexity index is 3150. The van der Waals surface area contributed by atoms with Crippen molar-refractivity contribution in [2.45, 2.75) is 145 Å². The number of nitrogens with one attached hydrogen (secondary N) is 1. The van der Waals surface area contributed by atoms with E-state index in [1.54, 1.807) is 35.3 Å². The molecule has 0 amide bonds. The van der Waals surface area contributed by atoms with E-state index < -0.39 is 0 Å². The number of hydrogen-bond donors (Lipinski definition) is 1. The molecule has 14 rings (SSSR count). The van der Waals surface area contributed by atoms with Crippen molar-refractivity contribution < 1.29 is 8.83 Å². The van der Waals surface area contributed by atoms with E-state index in [-0.39, 0.29) is 0 Å². The highest BCUT2D eigenvalue weighted by atomic mass is 32.1. The van der Waals surface area contributed by atoms with Crippen LogP contribution in [0.4, 0.5) is 0 Å². The third kappa shape index (κ3) is 44.0. The van der Waals surface area contributed by atoms with Gasteiger partial charge in [-0.2, -0.15) is 0 Å². The van der Waals surface area contributed by atoms with Gasteiger partial charge in [0, 0.05) is 34.1 Å². The lowest BCUT2D eigenvalue weighted by Gasteiger charge is -1.91. The van der Waals surface area contributed by atoms with Crippen LogP contribution < -0.4 is 0 Å². The zero-order valence-corrected chi connectivity index (χ0v) is 61.7. The van der Waals surface area contributed by atoms with Gasteiger partial charge in [0.15, 0.2) is 12.0 Å². The average Bonchev–Trinajstić information content (AvgIpc) is 2.66. The first-order valence-electron chi connectivity index (χ1n) is 32.8. The number of furan rings is 1. The number of fused-ring (bicyclic) bond motifs is 7. The summed E-state index contributed by atoms with van der Waals surface area (Å²) >= 11 is 3.46. The van der Waals surface area contributed by atoms with E-state index in [0.717, 1.165) is 85.6 Å². The Hall–Kier alpha value is -8.31. The van der Waals surface area contributed by atoms with Gasteiger partial charge in [-0.05, 0) is 142 Å². The Kier molecular flexibility index (Phi) is 45.6. The third-order valence-electron chi connectivity index (χ3n) is 9.59. The van der Waals surface area contributed by atoms with Crippen LogP contribution >= 0.6 is 22.7 Å². The highest BCUT2D eigenvalue weighted by molar-refractivity contribution is 7.17. The molecule has 0 atom stereocenters. The summed E-state index contributed by atoms with van der Waals surface area (Å²) in [6, 6.07) is 66.5. The molecule has 498 valence electrons. The predicted molar refractivity (Wildman–Crippen MR) is 415 cm³/mol. The van der Waals surface area contributed by atoms with Gasteiger partial charge in [-0.3, -0.25) is 9.97 Å². The number of thiazole rings is 1. The summed E-state index contributed by atoms with van der Waals surface area (Å²) in [5.74, 6) is 5.83. The second-order valence-corrected chi connectivity index (χ2v) is 27.9. The lowest BCUT2D eigenvalue weighted by molar-refractivity contribution is 0.602. The molecule has 0 aliphatic rings. The molecule has 8 nitrogen and oxygen atoms in total. The number of pyridine rings is 2. The Labute approximate surface area is 568 Å².